The zero-order chi connectivity index (χ0) is 9.90. The molecule has 0 saturated carbocycles. The molecule has 0 aliphatic carbocycles. The van der Waals surface area contributed by atoms with Gasteiger partial charge in [0.25, 0.3) is 10.0 Å². The van der Waals surface area contributed by atoms with Crippen molar-refractivity contribution in [2.45, 2.75) is 4.90 Å². The van der Waals surface area contributed by atoms with E-state index in [9.17, 15) is 8.42 Å². The summed E-state index contributed by atoms with van der Waals surface area (Å²) >= 11 is 0. The summed E-state index contributed by atoms with van der Waals surface area (Å²) in [7, 11) is -2.17. The molecule has 1 aromatic heterocycles. The third-order valence-corrected chi connectivity index (χ3v) is 2.56. The average Bonchev–Trinajstić information content (AvgIpc) is 2.18. The number of aromatic nitrogens is 1. The summed E-state index contributed by atoms with van der Waals surface area (Å²) in [5.74, 6) is 5.16. The highest BCUT2D eigenvalue weighted by Crippen LogP contribution is 2.10. The lowest BCUT2D eigenvalue weighted by Gasteiger charge is -2.02. The van der Waals surface area contributed by atoms with E-state index in [-0.39, 0.29) is 4.90 Å². The monoisotopic (exact) mass is 203 g/mol. The maximum Gasteiger partial charge on any atom is 0.254 e. The predicted octanol–water partition coefficient (Wildman–Crippen LogP) is -0.758. The first-order chi connectivity index (χ1) is 6.10. The van der Waals surface area contributed by atoms with Gasteiger partial charge in [-0.25, -0.2) is 13.4 Å². The summed E-state index contributed by atoms with van der Waals surface area (Å²) in [5.41, 5.74) is 0. The van der Waals surface area contributed by atoms with Gasteiger partial charge in [0.1, 0.15) is 4.90 Å². The van der Waals surface area contributed by atoms with Crippen LogP contribution in [0.1, 0.15) is 0 Å². The molecule has 0 spiro atoms. The maximum atomic E-state index is 11.1. The molecule has 0 saturated heterocycles. The molecule has 0 aliphatic heterocycles. The lowest BCUT2D eigenvalue weighted by Crippen LogP contribution is -2.30. The molecule has 0 radical (unpaired) electrons. The molecule has 7 heteroatoms. The summed E-state index contributed by atoms with van der Waals surface area (Å²) in [6.07, 6.45) is 1.16. The van der Waals surface area contributed by atoms with Gasteiger partial charge in [-0.3, -0.25) is 5.84 Å². The molecule has 0 amide bonds. The largest absolute Gasteiger partial charge is 0.481 e. The van der Waals surface area contributed by atoms with Gasteiger partial charge in [0, 0.05) is 6.07 Å². The topological polar surface area (TPSA) is 94.3 Å². The first-order valence-corrected chi connectivity index (χ1v) is 4.81. The van der Waals surface area contributed by atoms with Crippen molar-refractivity contribution in [3.63, 3.8) is 0 Å². The van der Waals surface area contributed by atoms with Crippen LogP contribution < -0.4 is 15.4 Å². The van der Waals surface area contributed by atoms with Crippen LogP contribution in [0, 0.1) is 0 Å². The number of nitrogens with one attached hydrogen (secondary N) is 1. The highest BCUT2D eigenvalue weighted by Gasteiger charge is 2.11. The van der Waals surface area contributed by atoms with Crippen molar-refractivity contribution in [2.24, 2.45) is 5.84 Å². The first-order valence-electron chi connectivity index (χ1n) is 3.32. The normalized spacial score (nSPS) is 11.2. The van der Waals surface area contributed by atoms with E-state index in [1.54, 1.807) is 4.83 Å². The number of rotatable bonds is 3. The number of nitrogens with zero attached hydrogens (tertiary/aromatic N) is 1. The van der Waals surface area contributed by atoms with E-state index in [2.05, 4.69) is 4.98 Å². The molecule has 13 heavy (non-hydrogen) atoms. The number of sulfonamides is 1. The molecule has 0 unspecified atom stereocenters. The minimum Gasteiger partial charge on any atom is -0.481 e. The van der Waals surface area contributed by atoms with Crippen molar-refractivity contribution in [2.75, 3.05) is 7.11 Å². The summed E-state index contributed by atoms with van der Waals surface area (Å²) in [4.78, 5) is 5.40. The Morgan fingerprint density at radius 3 is 2.62 bits per heavy atom. The van der Waals surface area contributed by atoms with Gasteiger partial charge in [-0.05, 0) is 6.07 Å². The second-order valence-corrected chi connectivity index (χ2v) is 3.87. The van der Waals surface area contributed by atoms with Crippen molar-refractivity contribution >= 4 is 10.0 Å². The Balaban J connectivity index is 3.06. The number of nitrogens with two attached hydrogens (primary N) is 1. The zero-order valence-electron chi connectivity index (χ0n) is 6.89. The number of hydrazine groups is 1. The van der Waals surface area contributed by atoms with E-state index in [4.69, 9.17) is 10.6 Å². The molecular formula is C6H9N3O3S. The van der Waals surface area contributed by atoms with Crippen LogP contribution in [0.25, 0.3) is 0 Å². The summed E-state index contributed by atoms with van der Waals surface area (Å²) in [6.45, 7) is 0. The molecule has 72 valence electrons. The van der Waals surface area contributed by atoms with Gasteiger partial charge < -0.3 is 4.74 Å². The first kappa shape index (κ1) is 9.90. The summed E-state index contributed by atoms with van der Waals surface area (Å²) in [5, 5.41) is 0. The Hall–Kier alpha value is -1.18. The molecule has 6 nitrogen and oxygen atoms in total. The molecule has 1 aromatic rings. The highest BCUT2D eigenvalue weighted by molar-refractivity contribution is 7.89. The van der Waals surface area contributed by atoms with Gasteiger partial charge in [-0.15, -0.1) is 0 Å². The van der Waals surface area contributed by atoms with Crippen molar-refractivity contribution in [3.8, 4) is 5.88 Å². The summed E-state index contributed by atoms with van der Waals surface area (Å²) in [6, 6.07) is 2.78. The van der Waals surface area contributed by atoms with Crippen LogP contribution in [0.2, 0.25) is 0 Å². The fraction of sp³-hybridized carbons (Fsp3) is 0.167. The van der Waals surface area contributed by atoms with Gasteiger partial charge in [-0.1, -0.05) is 0 Å². The molecule has 1 heterocycles. The van der Waals surface area contributed by atoms with Gasteiger partial charge in [-0.2, -0.15) is 4.83 Å². The molecule has 0 fully saturated rings. The fourth-order valence-corrected chi connectivity index (χ4v) is 1.29. The lowest BCUT2D eigenvalue weighted by molar-refractivity contribution is 0.397. The van der Waals surface area contributed by atoms with Crippen LogP contribution in [0.3, 0.4) is 0 Å². The van der Waals surface area contributed by atoms with E-state index < -0.39 is 10.0 Å². The van der Waals surface area contributed by atoms with Crippen molar-refractivity contribution in [3.05, 3.63) is 18.3 Å². The SMILES string of the molecule is COc1ccc(S(=O)(=O)NN)cn1. The van der Waals surface area contributed by atoms with E-state index in [1.807, 2.05) is 0 Å². The second-order valence-electron chi connectivity index (χ2n) is 2.16. The van der Waals surface area contributed by atoms with Gasteiger partial charge in [0.15, 0.2) is 0 Å². The number of hydrogen-bond acceptors (Lipinski definition) is 5. The molecule has 0 atom stereocenters. The maximum absolute atomic E-state index is 11.1. The van der Waals surface area contributed by atoms with Crippen LogP contribution in [0.15, 0.2) is 23.2 Å². The lowest BCUT2D eigenvalue weighted by atomic mass is 10.5. The Bertz CT molecular complexity index is 373. The fourth-order valence-electron chi connectivity index (χ4n) is 0.714. The van der Waals surface area contributed by atoms with Gasteiger partial charge in [0.05, 0.1) is 13.3 Å². The van der Waals surface area contributed by atoms with Crippen LogP contribution in [-0.2, 0) is 10.0 Å². The van der Waals surface area contributed by atoms with E-state index in [0.29, 0.717) is 5.88 Å². The smallest absolute Gasteiger partial charge is 0.254 e. The quantitative estimate of drug-likeness (QED) is 0.497. The Morgan fingerprint density at radius 1 is 1.54 bits per heavy atom. The minimum atomic E-state index is -3.61. The van der Waals surface area contributed by atoms with Crippen LogP contribution in [0.4, 0.5) is 0 Å². The van der Waals surface area contributed by atoms with Crippen molar-refractivity contribution < 1.29 is 13.2 Å². The molecule has 0 aliphatic rings. The van der Waals surface area contributed by atoms with E-state index in [1.165, 1.54) is 19.2 Å². The molecule has 0 bridgehead atoms. The number of methoxy groups -OCH3 is 1. The number of ether oxygens (including phenoxy) is 1. The van der Waals surface area contributed by atoms with Crippen molar-refractivity contribution in [1.82, 2.24) is 9.82 Å². The Morgan fingerprint density at radius 2 is 2.23 bits per heavy atom. The van der Waals surface area contributed by atoms with Gasteiger partial charge >= 0.3 is 0 Å². The molecule has 0 aromatic carbocycles. The predicted molar refractivity (Wildman–Crippen MR) is 45.3 cm³/mol. The second kappa shape index (κ2) is 3.69. The standard InChI is InChI=1S/C6H9N3O3S/c1-12-6-3-2-5(4-8-6)13(10,11)9-7/h2-4,9H,7H2,1H3. The molecular weight excluding hydrogens is 194 g/mol. The third-order valence-electron chi connectivity index (χ3n) is 1.38. The highest BCUT2D eigenvalue weighted by atomic mass is 32.2. The average molecular weight is 203 g/mol. The number of pyridine rings is 1. The third kappa shape index (κ3) is 2.14. The minimum absolute atomic E-state index is 0.00389. The van der Waals surface area contributed by atoms with Crippen molar-refractivity contribution in [1.29, 1.82) is 0 Å². The van der Waals surface area contributed by atoms with E-state index >= 15 is 0 Å². The Kier molecular flexibility index (Phi) is 2.81. The molecule has 1 rings (SSSR count). The Labute approximate surface area is 75.8 Å². The summed E-state index contributed by atoms with van der Waals surface area (Å²) < 4.78 is 26.9. The zero-order valence-corrected chi connectivity index (χ0v) is 7.71. The van der Waals surface area contributed by atoms with Gasteiger partial charge in [0.2, 0.25) is 5.88 Å². The van der Waals surface area contributed by atoms with E-state index in [0.717, 1.165) is 6.20 Å². The number of hydrogen-bond donors (Lipinski definition) is 2. The molecule has 3 N–H and O–H groups in total. The van der Waals surface area contributed by atoms with Crippen LogP contribution in [-0.4, -0.2) is 20.5 Å². The van der Waals surface area contributed by atoms with Crippen LogP contribution >= 0.6 is 0 Å². The van der Waals surface area contributed by atoms with Crippen LogP contribution in [0.5, 0.6) is 5.88 Å².